The van der Waals surface area contributed by atoms with Crippen LogP contribution in [0, 0.1) is 6.07 Å². The van der Waals surface area contributed by atoms with Gasteiger partial charge in [-0.3, -0.25) is 0 Å². The molecule has 0 bridgehead atoms. The van der Waals surface area contributed by atoms with Crippen molar-refractivity contribution in [3.05, 3.63) is 90.5 Å². The van der Waals surface area contributed by atoms with Crippen LogP contribution < -0.4 is 23.6 Å². The van der Waals surface area contributed by atoms with Crippen LogP contribution in [0.1, 0.15) is 5.56 Å². The van der Waals surface area contributed by atoms with Crippen LogP contribution in [0.3, 0.4) is 0 Å². The van der Waals surface area contributed by atoms with Crippen LogP contribution in [0.25, 0.3) is 11.1 Å². The molecule has 0 aliphatic rings. The molecule has 0 aliphatic carbocycles. The molecule has 0 fully saturated rings. The third-order valence-corrected chi connectivity index (χ3v) is 3.13. The van der Waals surface area contributed by atoms with Gasteiger partial charge in [0.15, 0.2) is 0 Å². The van der Waals surface area contributed by atoms with Crippen molar-refractivity contribution >= 4 is 0 Å². The average molecular weight is 266 g/mol. The second kappa shape index (κ2) is 7.74. The zero-order valence-electron chi connectivity index (χ0n) is 12.1. The van der Waals surface area contributed by atoms with Crippen LogP contribution in [0.5, 0.6) is 5.75 Å². The molecule has 21 heavy (non-hydrogen) atoms. The van der Waals surface area contributed by atoms with E-state index in [4.69, 9.17) is 4.74 Å². The second-order valence-electron chi connectivity index (χ2n) is 4.58. The van der Waals surface area contributed by atoms with Crippen LogP contribution >= 0.6 is 0 Å². The SMILES string of the molecule is [Li+].[c-]1cc(-c2ccccc2)ccc1OCc1ccccc1. The summed E-state index contributed by atoms with van der Waals surface area (Å²) in [5.74, 6) is 0.772. The summed E-state index contributed by atoms with van der Waals surface area (Å²) in [4.78, 5) is 0. The first-order valence-electron chi connectivity index (χ1n) is 6.66. The summed E-state index contributed by atoms with van der Waals surface area (Å²) < 4.78 is 5.73. The Balaban J connectivity index is 0.00000161. The third-order valence-electron chi connectivity index (χ3n) is 3.13. The molecule has 0 saturated heterocycles. The Morgan fingerprint density at radius 3 is 2.00 bits per heavy atom. The zero-order chi connectivity index (χ0) is 13.6. The maximum Gasteiger partial charge on any atom is 1.00 e. The van der Waals surface area contributed by atoms with Crippen LogP contribution in [0.2, 0.25) is 0 Å². The summed E-state index contributed by atoms with van der Waals surface area (Å²) in [6.07, 6.45) is 0. The number of rotatable bonds is 4. The predicted octanol–water partition coefficient (Wildman–Crippen LogP) is 1.74. The van der Waals surface area contributed by atoms with Crippen LogP contribution in [0.15, 0.2) is 78.9 Å². The molecule has 3 rings (SSSR count). The van der Waals surface area contributed by atoms with Crippen molar-refractivity contribution in [3.8, 4) is 16.9 Å². The Bertz CT molecular complexity index is 648. The molecule has 3 aromatic rings. The predicted molar refractivity (Wildman–Crippen MR) is 81.5 cm³/mol. The normalized spacial score (nSPS) is 9.71. The first-order chi connectivity index (χ1) is 9.92. The van der Waals surface area contributed by atoms with Crippen molar-refractivity contribution in [1.82, 2.24) is 0 Å². The number of hydrogen-bond donors (Lipinski definition) is 0. The largest absolute Gasteiger partial charge is 1.00 e. The Kier molecular flexibility index (Phi) is 5.69. The van der Waals surface area contributed by atoms with E-state index in [1.807, 2.05) is 48.5 Å². The van der Waals surface area contributed by atoms with E-state index in [0.29, 0.717) is 6.61 Å². The van der Waals surface area contributed by atoms with E-state index in [9.17, 15) is 0 Å². The number of ether oxygens (including phenoxy) is 1. The topological polar surface area (TPSA) is 9.23 Å². The Morgan fingerprint density at radius 2 is 1.38 bits per heavy atom. The smallest absolute Gasteiger partial charge is 0.515 e. The summed E-state index contributed by atoms with van der Waals surface area (Å²) in [7, 11) is 0. The van der Waals surface area contributed by atoms with Crippen molar-refractivity contribution in [3.63, 3.8) is 0 Å². The van der Waals surface area contributed by atoms with Gasteiger partial charge in [-0.15, -0.1) is 17.7 Å². The molecule has 0 saturated carbocycles. The molecule has 0 amide bonds. The summed E-state index contributed by atoms with van der Waals surface area (Å²) in [5, 5.41) is 0. The Morgan fingerprint density at radius 1 is 0.714 bits per heavy atom. The van der Waals surface area contributed by atoms with E-state index in [2.05, 4.69) is 36.4 Å². The van der Waals surface area contributed by atoms with Crippen molar-refractivity contribution in [2.24, 2.45) is 0 Å². The van der Waals surface area contributed by atoms with Crippen molar-refractivity contribution < 1.29 is 23.6 Å². The molecule has 0 atom stereocenters. The fourth-order valence-electron chi connectivity index (χ4n) is 2.05. The van der Waals surface area contributed by atoms with Gasteiger partial charge in [-0.1, -0.05) is 66.2 Å². The minimum Gasteiger partial charge on any atom is -0.515 e. The average Bonchev–Trinajstić information content (AvgIpc) is 2.55. The first kappa shape index (κ1) is 15.4. The molecule has 0 aliphatic heterocycles. The van der Waals surface area contributed by atoms with Gasteiger partial charge >= 0.3 is 18.9 Å². The van der Waals surface area contributed by atoms with E-state index in [1.165, 1.54) is 5.56 Å². The minimum atomic E-state index is 0. The van der Waals surface area contributed by atoms with Gasteiger partial charge in [-0.25, -0.2) is 0 Å². The minimum absolute atomic E-state index is 0. The van der Waals surface area contributed by atoms with Gasteiger partial charge in [0.25, 0.3) is 0 Å². The number of hydrogen-bond acceptors (Lipinski definition) is 1. The monoisotopic (exact) mass is 266 g/mol. The molecule has 1 nitrogen and oxygen atoms in total. The standard InChI is InChI=1S/C19H15O.Li/c1-3-7-16(8-4-1)15-20-19-13-11-18(12-14-19)17-9-5-2-6-10-17;/h1-13H,15H2;/q-1;+1. The van der Waals surface area contributed by atoms with Crippen LogP contribution in [0.4, 0.5) is 0 Å². The van der Waals surface area contributed by atoms with Gasteiger partial charge < -0.3 is 4.74 Å². The maximum atomic E-state index is 5.73. The van der Waals surface area contributed by atoms with Crippen molar-refractivity contribution in [2.45, 2.75) is 6.61 Å². The van der Waals surface area contributed by atoms with E-state index >= 15 is 0 Å². The van der Waals surface area contributed by atoms with Crippen molar-refractivity contribution in [2.75, 3.05) is 0 Å². The van der Waals surface area contributed by atoms with Gasteiger partial charge in [0, 0.05) is 5.75 Å². The molecule has 0 N–H and O–H groups in total. The summed E-state index contributed by atoms with van der Waals surface area (Å²) in [5.41, 5.74) is 3.50. The fourth-order valence-corrected chi connectivity index (χ4v) is 2.05. The summed E-state index contributed by atoms with van der Waals surface area (Å²) >= 11 is 0. The van der Waals surface area contributed by atoms with Gasteiger partial charge in [0.2, 0.25) is 0 Å². The Hall–Kier alpha value is -1.94. The fraction of sp³-hybridized carbons (Fsp3) is 0.0526. The molecule has 0 unspecified atom stereocenters. The maximum absolute atomic E-state index is 5.73. The summed E-state index contributed by atoms with van der Waals surface area (Å²) in [6.45, 7) is 0.571. The Labute approximate surface area is 137 Å². The van der Waals surface area contributed by atoms with E-state index < -0.39 is 0 Å². The molecule has 2 heteroatoms. The zero-order valence-corrected chi connectivity index (χ0v) is 12.1. The van der Waals surface area contributed by atoms with Crippen LogP contribution in [-0.4, -0.2) is 0 Å². The molecule has 98 valence electrons. The molecule has 0 spiro atoms. The van der Waals surface area contributed by atoms with Crippen LogP contribution in [-0.2, 0) is 6.61 Å². The van der Waals surface area contributed by atoms with Gasteiger partial charge in [0.05, 0.1) is 0 Å². The molecular weight excluding hydrogens is 251 g/mol. The quantitative estimate of drug-likeness (QED) is 0.516. The second-order valence-corrected chi connectivity index (χ2v) is 4.58. The molecule has 0 radical (unpaired) electrons. The molecule has 0 aromatic heterocycles. The van der Waals surface area contributed by atoms with Crippen molar-refractivity contribution in [1.29, 1.82) is 0 Å². The van der Waals surface area contributed by atoms with E-state index in [0.717, 1.165) is 16.9 Å². The summed E-state index contributed by atoms with van der Waals surface area (Å²) in [6, 6.07) is 29.6. The van der Waals surface area contributed by atoms with E-state index in [1.54, 1.807) is 0 Å². The molecule has 0 heterocycles. The molecular formula is C19H15LiO. The number of benzene rings is 3. The van der Waals surface area contributed by atoms with Gasteiger partial charge in [-0.05, 0) is 5.56 Å². The van der Waals surface area contributed by atoms with Gasteiger partial charge in [-0.2, -0.15) is 12.1 Å². The van der Waals surface area contributed by atoms with Gasteiger partial charge in [0.1, 0.15) is 6.61 Å². The molecule has 3 aromatic carbocycles. The third kappa shape index (κ3) is 4.26. The first-order valence-corrected chi connectivity index (χ1v) is 6.66. The van der Waals surface area contributed by atoms with E-state index in [-0.39, 0.29) is 18.9 Å².